The van der Waals surface area contributed by atoms with Crippen molar-refractivity contribution in [3.63, 3.8) is 0 Å². The summed E-state index contributed by atoms with van der Waals surface area (Å²) in [4.78, 5) is 28.1. The molecule has 9 nitrogen and oxygen atoms in total. The van der Waals surface area contributed by atoms with Crippen molar-refractivity contribution >= 4 is 50.7 Å². The minimum absolute atomic E-state index is 0.00140. The molecule has 0 fully saturated rings. The van der Waals surface area contributed by atoms with Crippen LogP contribution in [0.15, 0.2) is 65.6 Å². The van der Waals surface area contributed by atoms with Gasteiger partial charge in [0.15, 0.2) is 11.5 Å². The van der Waals surface area contributed by atoms with Crippen LogP contribution >= 0.6 is 23.2 Å². The number of hydrogen-bond acceptors (Lipinski definition) is 6. The van der Waals surface area contributed by atoms with E-state index in [1.165, 1.54) is 43.4 Å². The number of hydrogen-bond donors (Lipinski definition) is 1. The molecule has 1 N–H and O–H groups in total. The lowest BCUT2D eigenvalue weighted by Gasteiger charge is -2.32. The van der Waals surface area contributed by atoms with Gasteiger partial charge in [-0.25, -0.2) is 8.42 Å². The number of nitrogens with one attached hydrogen (secondary N) is 1. The molecule has 0 aliphatic rings. The van der Waals surface area contributed by atoms with Gasteiger partial charge in [-0.05, 0) is 62.7 Å². The molecule has 0 aromatic heterocycles. The third kappa shape index (κ3) is 7.63. The van der Waals surface area contributed by atoms with E-state index in [0.29, 0.717) is 22.9 Å². The summed E-state index contributed by atoms with van der Waals surface area (Å²) < 4.78 is 39.6. The summed E-state index contributed by atoms with van der Waals surface area (Å²) in [6, 6.07) is 14.8. The summed E-state index contributed by atoms with van der Waals surface area (Å²) in [6.45, 7) is 4.93. The van der Waals surface area contributed by atoms with Crippen molar-refractivity contribution in [2.75, 3.05) is 31.6 Å². The SMILES string of the molecule is CCNC(=O)[C@H](C)N(Cc1ccc(Cl)c(Cl)c1)C(=O)CN(c1ccc(OC)c(OC)c1)S(=O)(=O)c1ccc(C)cc1. The Balaban J connectivity index is 2.10. The maximum Gasteiger partial charge on any atom is 0.264 e. The number of amides is 2. The molecule has 0 aliphatic carbocycles. The highest BCUT2D eigenvalue weighted by Crippen LogP contribution is 2.34. The molecule has 0 unspecified atom stereocenters. The molecule has 0 saturated carbocycles. The second-order valence-corrected chi connectivity index (χ2v) is 11.9. The van der Waals surface area contributed by atoms with Crippen LogP contribution in [0.2, 0.25) is 10.0 Å². The molecular weight excluding hydrogens is 589 g/mol. The van der Waals surface area contributed by atoms with Crippen LogP contribution in [0.25, 0.3) is 0 Å². The van der Waals surface area contributed by atoms with Gasteiger partial charge in [0.1, 0.15) is 12.6 Å². The average Bonchev–Trinajstić information content (AvgIpc) is 2.95. The minimum Gasteiger partial charge on any atom is -0.493 e. The topological polar surface area (TPSA) is 105 Å². The molecule has 0 radical (unpaired) electrons. The molecule has 3 aromatic carbocycles. The average molecular weight is 623 g/mol. The number of carbonyl (C=O) groups excluding carboxylic acids is 2. The number of aryl methyl sites for hydroxylation is 1. The van der Waals surface area contributed by atoms with Gasteiger partial charge in [0.25, 0.3) is 10.0 Å². The van der Waals surface area contributed by atoms with E-state index in [9.17, 15) is 18.0 Å². The number of anilines is 1. The number of nitrogens with zero attached hydrogens (tertiary/aromatic N) is 2. The van der Waals surface area contributed by atoms with E-state index in [1.54, 1.807) is 50.2 Å². The Morgan fingerprint density at radius 3 is 2.17 bits per heavy atom. The Morgan fingerprint density at radius 2 is 1.59 bits per heavy atom. The summed E-state index contributed by atoms with van der Waals surface area (Å²) in [5.74, 6) is -0.327. The largest absolute Gasteiger partial charge is 0.493 e. The Bertz CT molecular complexity index is 1500. The van der Waals surface area contributed by atoms with Crippen molar-refractivity contribution in [3.8, 4) is 11.5 Å². The first-order valence-electron chi connectivity index (χ1n) is 12.8. The van der Waals surface area contributed by atoms with E-state index in [1.807, 2.05) is 6.92 Å². The van der Waals surface area contributed by atoms with Gasteiger partial charge in [0.05, 0.1) is 34.8 Å². The number of ether oxygens (including phenoxy) is 2. The number of carbonyl (C=O) groups is 2. The maximum absolute atomic E-state index is 14.0. The van der Waals surface area contributed by atoms with Gasteiger partial charge >= 0.3 is 0 Å². The van der Waals surface area contributed by atoms with Crippen LogP contribution in [0.1, 0.15) is 25.0 Å². The summed E-state index contributed by atoms with van der Waals surface area (Å²) in [5, 5.41) is 3.35. The van der Waals surface area contributed by atoms with Crippen molar-refractivity contribution in [2.24, 2.45) is 0 Å². The number of methoxy groups -OCH3 is 2. The molecule has 0 spiro atoms. The van der Waals surface area contributed by atoms with E-state index in [-0.39, 0.29) is 33.8 Å². The van der Waals surface area contributed by atoms with E-state index in [0.717, 1.165) is 9.87 Å². The highest BCUT2D eigenvalue weighted by atomic mass is 35.5. The highest BCUT2D eigenvalue weighted by molar-refractivity contribution is 7.92. The first-order chi connectivity index (χ1) is 19.4. The molecule has 0 saturated heterocycles. The third-order valence-corrected chi connectivity index (χ3v) is 8.93. The van der Waals surface area contributed by atoms with E-state index in [4.69, 9.17) is 32.7 Å². The summed E-state index contributed by atoms with van der Waals surface area (Å²) in [6.07, 6.45) is 0. The second kappa shape index (κ2) is 13.9. The zero-order chi connectivity index (χ0) is 30.3. The molecule has 12 heteroatoms. The number of likely N-dealkylation sites (N-methyl/N-ethyl adjacent to an activating group) is 1. The number of halogens is 2. The normalized spacial score (nSPS) is 11.9. The summed E-state index contributed by atoms with van der Waals surface area (Å²) >= 11 is 12.3. The molecule has 41 heavy (non-hydrogen) atoms. The first-order valence-corrected chi connectivity index (χ1v) is 14.9. The number of sulfonamides is 1. The Morgan fingerprint density at radius 1 is 0.927 bits per heavy atom. The zero-order valence-corrected chi connectivity index (χ0v) is 25.8. The Hall–Kier alpha value is -3.47. The maximum atomic E-state index is 14.0. The van der Waals surface area contributed by atoms with Gasteiger partial charge in [0.2, 0.25) is 11.8 Å². The molecule has 0 aliphatic heterocycles. The van der Waals surface area contributed by atoms with Crippen molar-refractivity contribution in [3.05, 3.63) is 81.8 Å². The van der Waals surface area contributed by atoms with Gasteiger partial charge in [-0.15, -0.1) is 0 Å². The van der Waals surface area contributed by atoms with Crippen LogP contribution in [0.5, 0.6) is 11.5 Å². The first kappa shape index (κ1) is 32.0. The summed E-state index contributed by atoms with van der Waals surface area (Å²) in [7, 11) is -1.34. The molecule has 2 amide bonds. The molecular formula is C29H33Cl2N3O6S. The second-order valence-electron chi connectivity index (χ2n) is 9.20. The minimum atomic E-state index is -4.24. The lowest BCUT2D eigenvalue weighted by Crippen LogP contribution is -2.51. The van der Waals surface area contributed by atoms with Gasteiger partial charge < -0.3 is 19.7 Å². The monoisotopic (exact) mass is 621 g/mol. The van der Waals surface area contributed by atoms with E-state index < -0.39 is 28.5 Å². The van der Waals surface area contributed by atoms with Crippen molar-refractivity contribution < 1.29 is 27.5 Å². The molecule has 0 heterocycles. The predicted molar refractivity (Wildman–Crippen MR) is 160 cm³/mol. The van der Waals surface area contributed by atoms with E-state index in [2.05, 4.69) is 5.32 Å². The Kier molecular flexibility index (Phi) is 10.9. The standard InChI is InChI=1S/C29H33Cl2N3O6S/c1-6-32-29(36)20(3)33(17-21-9-13-24(30)25(31)15-21)28(35)18-34(22-10-14-26(39-4)27(16-22)40-5)41(37,38)23-11-7-19(2)8-12-23/h7-16,20H,6,17-18H2,1-5H3,(H,32,36)/t20-/m0/s1. The predicted octanol–water partition coefficient (Wildman–Crippen LogP) is 5.07. The number of rotatable bonds is 12. The Labute approximate surface area is 251 Å². The number of benzene rings is 3. The van der Waals surface area contributed by atoms with Crippen molar-refractivity contribution in [1.29, 1.82) is 0 Å². The van der Waals surface area contributed by atoms with Crippen LogP contribution in [-0.2, 0) is 26.2 Å². The van der Waals surface area contributed by atoms with Crippen LogP contribution in [0.3, 0.4) is 0 Å². The van der Waals surface area contributed by atoms with Crippen LogP contribution in [-0.4, -0.2) is 58.5 Å². The molecule has 0 bridgehead atoms. The molecule has 3 rings (SSSR count). The van der Waals surface area contributed by atoms with Gasteiger partial charge in [-0.2, -0.15) is 0 Å². The van der Waals surface area contributed by atoms with Crippen molar-refractivity contribution in [2.45, 2.75) is 38.3 Å². The van der Waals surface area contributed by atoms with Crippen molar-refractivity contribution in [1.82, 2.24) is 10.2 Å². The molecule has 3 aromatic rings. The lowest BCUT2D eigenvalue weighted by molar-refractivity contribution is -0.139. The third-order valence-electron chi connectivity index (χ3n) is 6.40. The zero-order valence-electron chi connectivity index (χ0n) is 23.5. The van der Waals surface area contributed by atoms with Gasteiger partial charge in [0, 0.05) is 19.2 Å². The van der Waals surface area contributed by atoms with Crippen LogP contribution in [0, 0.1) is 6.92 Å². The van der Waals surface area contributed by atoms with Gasteiger partial charge in [-0.1, -0.05) is 47.0 Å². The highest BCUT2D eigenvalue weighted by Gasteiger charge is 2.33. The molecule has 220 valence electrons. The van der Waals surface area contributed by atoms with Crippen LogP contribution in [0.4, 0.5) is 5.69 Å². The lowest BCUT2D eigenvalue weighted by atomic mass is 10.1. The quantitative estimate of drug-likeness (QED) is 0.303. The fraction of sp³-hybridized carbons (Fsp3) is 0.310. The summed E-state index contributed by atoms with van der Waals surface area (Å²) in [5.41, 5.74) is 1.67. The fourth-order valence-electron chi connectivity index (χ4n) is 4.09. The smallest absolute Gasteiger partial charge is 0.264 e. The van der Waals surface area contributed by atoms with Crippen LogP contribution < -0.4 is 19.1 Å². The van der Waals surface area contributed by atoms with E-state index >= 15 is 0 Å². The van der Waals surface area contributed by atoms with Gasteiger partial charge in [-0.3, -0.25) is 13.9 Å². The molecule has 1 atom stereocenters. The fourth-order valence-corrected chi connectivity index (χ4v) is 5.81.